The predicted molar refractivity (Wildman–Crippen MR) is 54.6 cm³/mol. The van der Waals surface area contributed by atoms with Gasteiger partial charge in [-0.15, -0.1) is 0 Å². The summed E-state index contributed by atoms with van der Waals surface area (Å²) >= 11 is 2.06. The molecular formula is C9H11IO. The highest BCUT2D eigenvalue weighted by atomic mass is 127. The van der Waals surface area contributed by atoms with E-state index in [1.54, 1.807) is 0 Å². The third-order valence-electron chi connectivity index (χ3n) is 1.68. The lowest BCUT2D eigenvalue weighted by Gasteiger charge is -2.18. The first-order valence-corrected chi connectivity index (χ1v) is 4.71. The van der Waals surface area contributed by atoms with Crippen molar-refractivity contribution in [1.29, 1.82) is 0 Å². The molecule has 0 saturated heterocycles. The van der Waals surface area contributed by atoms with Crippen LogP contribution in [0, 0.1) is 0 Å². The minimum absolute atomic E-state index is 0.695. The van der Waals surface area contributed by atoms with Crippen LogP contribution in [0.5, 0.6) is 0 Å². The summed E-state index contributed by atoms with van der Waals surface area (Å²) in [4.78, 5) is 0. The summed E-state index contributed by atoms with van der Waals surface area (Å²) in [5.41, 5.74) is 0.975. The van der Waals surface area contributed by atoms with Crippen LogP contribution < -0.4 is 0 Å². The van der Waals surface area contributed by atoms with Gasteiger partial charge in [-0.1, -0.05) is 37.3 Å². The highest BCUT2D eigenvalue weighted by molar-refractivity contribution is 14.1. The molecule has 0 amide bonds. The first kappa shape index (κ1) is 9.00. The SMILES string of the molecule is CCC(O)(I)c1ccccc1. The topological polar surface area (TPSA) is 20.2 Å². The second-order valence-corrected chi connectivity index (χ2v) is 4.26. The fourth-order valence-electron chi connectivity index (χ4n) is 0.898. The maximum Gasteiger partial charge on any atom is 0.140 e. The Labute approximate surface area is 80.6 Å². The molecule has 60 valence electrons. The van der Waals surface area contributed by atoms with Gasteiger partial charge < -0.3 is 5.11 Å². The van der Waals surface area contributed by atoms with Crippen molar-refractivity contribution < 1.29 is 5.11 Å². The molecule has 1 unspecified atom stereocenters. The van der Waals surface area contributed by atoms with Gasteiger partial charge in [0.25, 0.3) is 0 Å². The van der Waals surface area contributed by atoms with Crippen LogP contribution in [-0.2, 0) is 3.61 Å². The second-order valence-electron chi connectivity index (χ2n) is 2.48. The summed E-state index contributed by atoms with van der Waals surface area (Å²) < 4.78 is -0.695. The normalized spacial score (nSPS) is 15.9. The molecule has 2 heteroatoms. The van der Waals surface area contributed by atoms with Gasteiger partial charge in [0.2, 0.25) is 0 Å². The summed E-state index contributed by atoms with van der Waals surface area (Å²) in [7, 11) is 0. The van der Waals surface area contributed by atoms with Gasteiger partial charge in [-0.25, -0.2) is 0 Å². The van der Waals surface area contributed by atoms with E-state index in [4.69, 9.17) is 0 Å². The van der Waals surface area contributed by atoms with Gasteiger partial charge in [0.15, 0.2) is 0 Å². The zero-order chi connectivity index (χ0) is 8.32. The maximum atomic E-state index is 9.78. The van der Waals surface area contributed by atoms with Crippen molar-refractivity contribution in [3.63, 3.8) is 0 Å². The molecule has 0 saturated carbocycles. The lowest BCUT2D eigenvalue weighted by atomic mass is 10.1. The molecule has 0 radical (unpaired) electrons. The minimum Gasteiger partial charge on any atom is -0.375 e. The van der Waals surface area contributed by atoms with Crippen LogP contribution in [0.25, 0.3) is 0 Å². The molecule has 0 fully saturated rings. The van der Waals surface area contributed by atoms with Crippen LogP contribution in [0.3, 0.4) is 0 Å². The molecule has 1 aromatic rings. The van der Waals surface area contributed by atoms with Gasteiger partial charge >= 0.3 is 0 Å². The summed E-state index contributed by atoms with van der Waals surface area (Å²) in [6, 6.07) is 9.71. The number of rotatable bonds is 2. The number of benzene rings is 1. The van der Waals surface area contributed by atoms with E-state index in [0.29, 0.717) is 0 Å². The zero-order valence-electron chi connectivity index (χ0n) is 6.42. The Balaban J connectivity index is 2.93. The Morgan fingerprint density at radius 1 is 1.36 bits per heavy atom. The van der Waals surface area contributed by atoms with Crippen LogP contribution >= 0.6 is 22.6 Å². The van der Waals surface area contributed by atoms with Crippen LogP contribution in [0.1, 0.15) is 18.9 Å². The van der Waals surface area contributed by atoms with Crippen molar-refractivity contribution in [1.82, 2.24) is 0 Å². The van der Waals surface area contributed by atoms with Crippen LogP contribution in [0.4, 0.5) is 0 Å². The number of aliphatic hydroxyl groups is 1. The largest absolute Gasteiger partial charge is 0.375 e. The number of hydrogen-bond donors (Lipinski definition) is 1. The van der Waals surface area contributed by atoms with E-state index >= 15 is 0 Å². The molecule has 1 N–H and O–H groups in total. The van der Waals surface area contributed by atoms with Gasteiger partial charge in [0.1, 0.15) is 3.61 Å². The monoisotopic (exact) mass is 262 g/mol. The Kier molecular flexibility index (Phi) is 2.90. The lowest BCUT2D eigenvalue weighted by molar-refractivity contribution is 0.153. The van der Waals surface area contributed by atoms with E-state index in [9.17, 15) is 5.11 Å². The van der Waals surface area contributed by atoms with Crippen LogP contribution in [0.15, 0.2) is 30.3 Å². The van der Waals surface area contributed by atoms with Crippen molar-refractivity contribution in [2.24, 2.45) is 0 Å². The molecule has 1 rings (SSSR count). The number of halogens is 1. The maximum absolute atomic E-state index is 9.78. The molecule has 0 heterocycles. The highest BCUT2D eigenvalue weighted by Gasteiger charge is 2.21. The molecule has 11 heavy (non-hydrogen) atoms. The van der Waals surface area contributed by atoms with Gasteiger partial charge in [0, 0.05) is 0 Å². The van der Waals surface area contributed by atoms with Gasteiger partial charge in [-0.05, 0) is 34.6 Å². The standard InChI is InChI=1S/C9H11IO/c1-2-9(10,11)8-6-4-3-5-7-8/h3-7,11H,2H2,1H3. The Bertz CT molecular complexity index is 218. The van der Waals surface area contributed by atoms with E-state index in [1.807, 2.05) is 37.3 Å². The highest BCUT2D eigenvalue weighted by Crippen LogP contribution is 2.31. The molecule has 1 nitrogen and oxygen atoms in total. The Hall–Kier alpha value is -0.0900. The van der Waals surface area contributed by atoms with E-state index < -0.39 is 3.61 Å². The zero-order valence-corrected chi connectivity index (χ0v) is 8.58. The fraction of sp³-hybridized carbons (Fsp3) is 0.333. The van der Waals surface area contributed by atoms with Crippen LogP contribution in [0.2, 0.25) is 0 Å². The van der Waals surface area contributed by atoms with Crippen molar-refractivity contribution >= 4 is 22.6 Å². The third-order valence-corrected chi connectivity index (χ3v) is 3.07. The molecule has 0 aliphatic heterocycles. The van der Waals surface area contributed by atoms with Crippen LogP contribution in [-0.4, -0.2) is 5.11 Å². The molecule has 0 bridgehead atoms. The van der Waals surface area contributed by atoms with Crippen molar-refractivity contribution in [3.8, 4) is 0 Å². The lowest BCUT2D eigenvalue weighted by Crippen LogP contribution is -2.14. The quantitative estimate of drug-likeness (QED) is 0.641. The number of alkyl halides is 1. The fourth-order valence-corrected chi connectivity index (χ4v) is 1.26. The first-order chi connectivity index (χ1) is 5.17. The molecular weight excluding hydrogens is 251 g/mol. The average molecular weight is 262 g/mol. The molecule has 0 aliphatic carbocycles. The van der Waals surface area contributed by atoms with Crippen molar-refractivity contribution in [3.05, 3.63) is 35.9 Å². The van der Waals surface area contributed by atoms with E-state index in [2.05, 4.69) is 22.6 Å². The second kappa shape index (κ2) is 3.54. The van der Waals surface area contributed by atoms with Crippen molar-refractivity contribution in [2.75, 3.05) is 0 Å². The number of hydrogen-bond acceptors (Lipinski definition) is 1. The van der Waals surface area contributed by atoms with Crippen molar-refractivity contribution in [2.45, 2.75) is 17.0 Å². The van der Waals surface area contributed by atoms with E-state index in [0.717, 1.165) is 12.0 Å². The first-order valence-electron chi connectivity index (χ1n) is 3.63. The van der Waals surface area contributed by atoms with Gasteiger partial charge in [-0.3, -0.25) is 0 Å². The average Bonchev–Trinajstić information content (AvgIpc) is 2.06. The van der Waals surface area contributed by atoms with E-state index in [-0.39, 0.29) is 0 Å². The Morgan fingerprint density at radius 3 is 2.36 bits per heavy atom. The Morgan fingerprint density at radius 2 is 1.91 bits per heavy atom. The molecule has 0 spiro atoms. The summed E-state index contributed by atoms with van der Waals surface area (Å²) in [6.45, 7) is 1.97. The van der Waals surface area contributed by atoms with Gasteiger partial charge in [-0.2, -0.15) is 0 Å². The molecule has 0 aromatic heterocycles. The minimum atomic E-state index is -0.695. The molecule has 0 aliphatic rings. The van der Waals surface area contributed by atoms with Gasteiger partial charge in [0.05, 0.1) is 0 Å². The summed E-state index contributed by atoms with van der Waals surface area (Å²) in [6.07, 6.45) is 0.734. The van der Waals surface area contributed by atoms with E-state index in [1.165, 1.54) is 0 Å². The predicted octanol–water partition coefficient (Wildman–Crippen LogP) is 2.68. The third kappa shape index (κ3) is 2.17. The molecule has 1 atom stereocenters. The smallest absolute Gasteiger partial charge is 0.140 e. The summed E-state index contributed by atoms with van der Waals surface area (Å²) in [5.74, 6) is 0. The summed E-state index contributed by atoms with van der Waals surface area (Å²) in [5, 5.41) is 9.78. The molecule has 1 aromatic carbocycles.